The second-order valence-electron chi connectivity index (χ2n) is 7.37. The van der Waals surface area contributed by atoms with Gasteiger partial charge in [0.2, 0.25) is 11.8 Å². The number of amides is 2. The number of hydrogen-bond donors (Lipinski definition) is 1. The largest absolute Gasteiger partial charge is 0.496 e. The number of nitrogens with zero attached hydrogens (tertiary/aromatic N) is 2. The monoisotopic (exact) mass is 415 g/mol. The third-order valence-electron chi connectivity index (χ3n) is 5.33. The van der Waals surface area contributed by atoms with Crippen LogP contribution in [0.15, 0.2) is 29.6 Å². The van der Waals surface area contributed by atoms with E-state index in [1.807, 2.05) is 41.5 Å². The molecule has 1 fully saturated rings. The number of thiazole rings is 1. The number of likely N-dealkylation sites (tertiary alicyclic amines) is 1. The molecule has 3 rings (SSSR count). The van der Waals surface area contributed by atoms with Crippen LogP contribution in [0.25, 0.3) is 0 Å². The van der Waals surface area contributed by atoms with Crippen LogP contribution in [0.1, 0.15) is 54.9 Å². The zero-order valence-electron chi connectivity index (χ0n) is 17.3. The van der Waals surface area contributed by atoms with Crippen LogP contribution < -0.4 is 10.1 Å². The van der Waals surface area contributed by atoms with Crippen molar-refractivity contribution in [2.24, 2.45) is 5.92 Å². The zero-order chi connectivity index (χ0) is 20.8. The Kier molecular flexibility index (Phi) is 7.25. The van der Waals surface area contributed by atoms with E-state index in [1.165, 1.54) is 0 Å². The third kappa shape index (κ3) is 4.96. The summed E-state index contributed by atoms with van der Waals surface area (Å²) in [4.78, 5) is 32.3. The summed E-state index contributed by atoms with van der Waals surface area (Å²) in [6.07, 6.45) is 2.82. The van der Waals surface area contributed by atoms with E-state index in [9.17, 15) is 9.59 Å². The van der Waals surface area contributed by atoms with Crippen molar-refractivity contribution >= 4 is 23.2 Å². The van der Waals surface area contributed by atoms with Gasteiger partial charge in [-0.25, -0.2) is 4.98 Å². The maximum absolute atomic E-state index is 13.2. The molecule has 2 heterocycles. The minimum absolute atomic E-state index is 0.0391. The molecule has 2 amide bonds. The highest BCUT2D eigenvalue weighted by atomic mass is 32.1. The molecule has 1 aliphatic heterocycles. The van der Waals surface area contributed by atoms with Crippen molar-refractivity contribution in [3.8, 4) is 5.75 Å². The number of aromatic nitrogens is 1. The van der Waals surface area contributed by atoms with Crippen molar-refractivity contribution in [3.05, 3.63) is 45.9 Å². The number of ether oxygens (including phenoxy) is 1. The van der Waals surface area contributed by atoms with Gasteiger partial charge in [0, 0.05) is 29.6 Å². The Balaban J connectivity index is 1.87. The number of hydrogen-bond acceptors (Lipinski definition) is 5. The van der Waals surface area contributed by atoms with Crippen molar-refractivity contribution in [3.63, 3.8) is 0 Å². The first kappa shape index (κ1) is 21.3. The van der Waals surface area contributed by atoms with Crippen LogP contribution >= 0.6 is 11.3 Å². The molecule has 6 nitrogen and oxygen atoms in total. The van der Waals surface area contributed by atoms with E-state index < -0.39 is 0 Å². The summed E-state index contributed by atoms with van der Waals surface area (Å²) in [6.45, 7) is 5.10. The van der Waals surface area contributed by atoms with Gasteiger partial charge in [0.25, 0.3) is 0 Å². The van der Waals surface area contributed by atoms with Crippen molar-refractivity contribution in [2.45, 2.75) is 52.1 Å². The maximum Gasteiger partial charge on any atom is 0.225 e. The predicted octanol–water partition coefficient (Wildman–Crippen LogP) is 3.86. The lowest BCUT2D eigenvalue weighted by molar-refractivity contribution is -0.143. The van der Waals surface area contributed by atoms with Gasteiger partial charge < -0.3 is 15.0 Å². The van der Waals surface area contributed by atoms with E-state index in [4.69, 9.17) is 4.74 Å². The topological polar surface area (TPSA) is 71.5 Å². The van der Waals surface area contributed by atoms with Gasteiger partial charge in [-0.1, -0.05) is 31.5 Å². The average molecular weight is 416 g/mol. The van der Waals surface area contributed by atoms with Crippen molar-refractivity contribution < 1.29 is 14.3 Å². The first-order valence-electron chi connectivity index (χ1n) is 10.2. The minimum atomic E-state index is -0.322. The summed E-state index contributed by atoms with van der Waals surface area (Å²) in [7, 11) is 1.62. The van der Waals surface area contributed by atoms with E-state index >= 15 is 0 Å². The number of para-hydroxylation sites is 1. The Morgan fingerprint density at radius 2 is 2.17 bits per heavy atom. The molecule has 1 saturated heterocycles. The molecule has 0 radical (unpaired) electrons. The number of rotatable bonds is 8. The van der Waals surface area contributed by atoms with E-state index in [0.717, 1.165) is 29.1 Å². The second-order valence-corrected chi connectivity index (χ2v) is 8.32. The Hall–Kier alpha value is -2.41. The number of carbonyl (C=O) groups excluding carboxylic acids is 2. The van der Waals surface area contributed by atoms with Crippen molar-refractivity contribution in [1.29, 1.82) is 0 Å². The average Bonchev–Trinajstić information content (AvgIpc) is 3.16. The lowest BCUT2D eigenvalue weighted by atomic mass is 9.83. The molecule has 0 spiro atoms. The number of methoxy groups -OCH3 is 1. The molecule has 1 N–H and O–H groups in total. The molecule has 1 aromatic heterocycles. The van der Waals surface area contributed by atoms with Gasteiger partial charge in [0.05, 0.1) is 25.6 Å². The van der Waals surface area contributed by atoms with Crippen LogP contribution in [-0.4, -0.2) is 35.4 Å². The summed E-state index contributed by atoms with van der Waals surface area (Å²) >= 11 is 1.54. The van der Waals surface area contributed by atoms with E-state index in [2.05, 4.69) is 17.2 Å². The first-order valence-corrected chi connectivity index (χ1v) is 11.0. The Morgan fingerprint density at radius 3 is 2.86 bits per heavy atom. The van der Waals surface area contributed by atoms with E-state index in [1.54, 1.807) is 18.4 Å². The van der Waals surface area contributed by atoms with Crippen LogP contribution in [0, 0.1) is 12.8 Å². The number of nitrogens with one attached hydrogen (secondary N) is 1. The molecule has 0 unspecified atom stereocenters. The summed E-state index contributed by atoms with van der Waals surface area (Å²) in [5, 5.41) is 5.91. The SMILES string of the molecule is CCCCN1C(=O)CC[C@H](C(=O)NCc2nc(C)cs2)[C@@H]1c1ccccc1OC. The van der Waals surface area contributed by atoms with Gasteiger partial charge in [-0.2, -0.15) is 0 Å². The quantitative estimate of drug-likeness (QED) is 0.711. The molecule has 0 saturated carbocycles. The van der Waals surface area contributed by atoms with Crippen LogP contribution in [-0.2, 0) is 16.1 Å². The zero-order valence-corrected chi connectivity index (χ0v) is 18.1. The summed E-state index contributed by atoms with van der Waals surface area (Å²) < 4.78 is 5.57. The van der Waals surface area contributed by atoms with Gasteiger partial charge >= 0.3 is 0 Å². The summed E-state index contributed by atoms with van der Waals surface area (Å²) in [5.41, 5.74) is 1.85. The highest BCUT2D eigenvalue weighted by Gasteiger charge is 2.41. The molecule has 29 heavy (non-hydrogen) atoms. The van der Waals surface area contributed by atoms with Gasteiger partial charge in [0.15, 0.2) is 0 Å². The first-order chi connectivity index (χ1) is 14.0. The van der Waals surface area contributed by atoms with Crippen LogP contribution in [0.5, 0.6) is 5.75 Å². The lowest BCUT2D eigenvalue weighted by Gasteiger charge is -2.41. The standard InChI is InChI=1S/C22H29N3O3S/c1-4-5-12-25-20(26)11-10-17(21(25)16-8-6-7-9-18(16)28-3)22(27)23-13-19-24-15(2)14-29-19/h6-9,14,17,21H,4-5,10-13H2,1-3H3,(H,23,27)/t17-,21-/m0/s1. The highest BCUT2D eigenvalue weighted by molar-refractivity contribution is 7.09. The summed E-state index contributed by atoms with van der Waals surface area (Å²) in [6, 6.07) is 7.37. The minimum Gasteiger partial charge on any atom is -0.496 e. The molecule has 0 aliphatic carbocycles. The highest BCUT2D eigenvalue weighted by Crippen LogP contribution is 2.40. The van der Waals surface area contributed by atoms with Crippen molar-refractivity contribution in [2.75, 3.05) is 13.7 Å². The lowest BCUT2D eigenvalue weighted by Crippen LogP contribution is -2.48. The third-order valence-corrected chi connectivity index (χ3v) is 6.30. The predicted molar refractivity (Wildman–Crippen MR) is 114 cm³/mol. The maximum atomic E-state index is 13.2. The summed E-state index contributed by atoms with van der Waals surface area (Å²) in [5.74, 6) is 0.459. The molecule has 2 aromatic rings. The normalized spacial score (nSPS) is 19.3. The Bertz CT molecular complexity index is 851. The van der Waals surface area contributed by atoms with Gasteiger partial charge in [-0.05, 0) is 25.8 Å². The molecule has 7 heteroatoms. The van der Waals surface area contributed by atoms with Crippen LogP contribution in [0.4, 0.5) is 0 Å². The molecule has 156 valence electrons. The fourth-order valence-corrected chi connectivity index (χ4v) is 4.60. The molecule has 2 atom stereocenters. The molecular weight excluding hydrogens is 386 g/mol. The number of unbranched alkanes of at least 4 members (excludes halogenated alkanes) is 1. The number of benzene rings is 1. The fourth-order valence-electron chi connectivity index (χ4n) is 3.89. The van der Waals surface area contributed by atoms with Crippen LogP contribution in [0.3, 0.4) is 0 Å². The number of aryl methyl sites for hydroxylation is 1. The fraction of sp³-hybridized carbons (Fsp3) is 0.500. The van der Waals surface area contributed by atoms with E-state index in [-0.39, 0.29) is 23.8 Å². The van der Waals surface area contributed by atoms with E-state index in [0.29, 0.717) is 31.7 Å². The Morgan fingerprint density at radius 1 is 1.38 bits per heavy atom. The number of piperidine rings is 1. The van der Waals surface area contributed by atoms with Gasteiger partial charge in [-0.15, -0.1) is 11.3 Å². The molecule has 0 bridgehead atoms. The Labute approximate surface area is 176 Å². The van der Waals surface area contributed by atoms with Crippen LogP contribution in [0.2, 0.25) is 0 Å². The smallest absolute Gasteiger partial charge is 0.225 e. The molecular formula is C22H29N3O3S. The van der Waals surface area contributed by atoms with Gasteiger partial charge in [0.1, 0.15) is 10.8 Å². The van der Waals surface area contributed by atoms with Crippen molar-refractivity contribution in [1.82, 2.24) is 15.2 Å². The molecule has 1 aliphatic rings. The number of carbonyl (C=O) groups is 2. The molecule has 1 aromatic carbocycles. The van der Waals surface area contributed by atoms with Gasteiger partial charge in [-0.3, -0.25) is 9.59 Å². The second kappa shape index (κ2) is 9.87.